The van der Waals surface area contributed by atoms with Crippen LogP contribution in [0.25, 0.3) is 11.1 Å². The first-order chi connectivity index (χ1) is 17.9. The van der Waals surface area contributed by atoms with Gasteiger partial charge in [0, 0.05) is 12.0 Å². The molecule has 4 nitrogen and oxygen atoms in total. The summed E-state index contributed by atoms with van der Waals surface area (Å²) in [5, 5.41) is 0. The molecule has 194 valence electrons. The molecule has 0 heterocycles. The fourth-order valence-electron chi connectivity index (χ4n) is 3.85. The minimum atomic E-state index is -0.693. The zero-order valence-electron chi connectivity index (χ0n) is 21.7. The molecule has 37 heavy (non-hydrogen) atoms. The largest absolute Gasteiger partial charge is 0.494 e. The summed E-state index contributed by atoms with van der Waals surface area (Å²) < 4.78 is 25.6. The summed E-state index contributed by atoms with van der Waals surface area (Å²) in [5.74, 6) is -0.934. The predicted molar refractivity (Wildman–Crippen MR) is 146 cm³/mol. The predicted octanol–water partition coefficient (Wildman–Crippen LogP) is 8.46. The van der Waals surface area contributed by atoms with Crippen molar-refractivity contribution in [1.82, 2.24) is 0 Å². The van der Waals surface area contributed by atoms with E-state index in [1.807, 2.05) is 49.4 Å². The van der Waals surface area contributed by atoms with Gasteiger partial charge in [0.2, 0.25) is 0 Å². The number of esters is 1. The molecule has 0 aliphatic rings. The highest BCUT2D eigenvalue weighted by Gasteiger charge is 2.19. The number of rotatable bonds is 14. The highest BCUT2D eigenvalue weighted by Crippen LogP contribution is 2.25. The molecule has 3 aromatic rings. The summed E-state index contributed by atoms with van der Waals surface area (Å²) in [4.78, 5) is 24.8. The van der Waals surface area contributed by atoms with Crippen molar-refractivity contribution in [3.05, 3.63) is 96.3 Å². The molecule has 0 aromatic heterocycles. The van der Waals surface area contributed by atoms with Crippen LogP contribution >= 0.6 is 0 Å². The first kappa shape index (κ1) is 27.9. The van der Waals surface area contributed by atoms with Gasteiger partial charge in [-0.3, -0.25) is 4.79 Å². The van der Waals surface area contributed by atoms with Crippen molar-refractivity contribution >= 4 is 11.8 Å². The molecule has 0 aliphatic carbocycles. The summed E-state index contributed by atoms with van der Waals surface area (Å²) in [7, 11) is 0. The van der Waals surface area contributed by atoms with Gasteiger partial charge >= 0.3 is 5.97 Å². The zero-order chi connectivity index (χ0) is 26.6. The second-order valence-electron chi connectivity index (χ2n) is 9.15. The first-order valence-electron chi connectivity index (χ1n) is 12.9. The highest BCUT2D eigenvalue weighted by atomic mass is 19.1. The topological polar surface area (TPSA) is 52.6 Å². The molecule has 0 radical (unpaired) electrons. The summed E-state index contributed by atoms with van der Waals surface area (Å²) >= 11 is 0. The van der Waals surface area contributed by atoms with Crippen LogP contribution in [0.1, 0.15) is 73.1 Å². The third-order valence-electron chi connectivity index (χ3n) is 6.36. The maximum absolute atomic E-state index is 14.4. The van der Waals surface area contributed by atoms with E-state index in [0.717, 1.165) is 42.2 Å². The Morgan fingerprint density at radius 3 is 2.14 bits per heavy atom. The fraction of sp³-hybridized carbons (Fsp3) is 0.312. The number of allylic oxidation sites excluding steroid dienone is 1. The molecule has 0 bridgehead atoms. The van der Waals surface area contributed by atoms with E-state index < -0.39 is 11.8 Å². The molecule has 3 aromatic carbocycles. The second-order valence-corrected chi connectivity index (χ2v) is 9.15. The number of benzene rings is 3. The lowest BCUT2D eigenvalue weighted by Crippen LogP contribution is -2.13. The Morgan fingerprint density at radius 2 is 1.51 bits per heavy atom. The molecule has 1 atom stereocenters. The Bertz CT molecular complexity index is 1180. The Labute approximate surface area is 219 Å². The zero-order valence-corrected chi connectivity index (χ0v) is 21.7. The van der Waals surface area contributed by atoms with Crippen molar-refractivity contribution in [1.29, 1.82) is 0 Å². The van der Waals surface area contributed by atoms with E-state index >= 15 is 0 Å². The van der Waals surface area contributed by atoms with Gasteiger partial charge in [0.25, 0.3) is 0 Å². The van der Waals surface area contributed by atoms with E-state index in [2.05, 4.69) is 6.58 Å². The molecule has 0 N–H and O–H groups in total. The van der Waals surface area contributed by atoms with Gasteiger partial charge < -0.3 is 9.47 Å². The number of ketones is 1. The van der Waals surface area contributed by atoms with Crippen LogP contribution in [0.5, 0.6) is 11.5 Å². The molecule has 0 saturated carbocycles. The molecule has 0 aliphatic heterocycles. The minimum absolute atomic E-state index is 0.00849. The number of ether oxygens (including phenoxy) is 2. The molecule has 0 spiro atoms. The van der Waals surface area contributed by atoms with Crippen LogP contribution in [-0.4, -0.2) is 18.4 Å². The molecule has 5 heteroatoms. The number of carbonyl (C=O) groups excluding carboxylic acids is 2. The van der Waals surface area contributed by atoms with Gasteiger partial charge in [-0.1, -0.05) is 57.0 Å². The normalized spacial score (nSPS) is 11.5. The third-order valence-corrected chi connectivity index (χ3v) is 6.36. The van der Waals surface area contributed by atoms with Gasteiger partial charge in [0.05, 0.1) is 17.7 Å². The smallest absolute Gasteiger partial charge is 0.343 e. The van der Waals surface area contributed by atoms with Gasteiger partial charge in [-0.05, 0) is 73.2 Å². The van der Waals surface area contributed by atoms with Crippen LogP contribution in [0.3, 0.4) is 0 Å². The second kappa shape index (κ2) is 14.1. The number of hydrogen-bond acceptors (Lipinski definition) is 4. The Kier molecular flexibility index (Phi) is 10.6. The van der Waals surface area contributed by atoms with Crippen LogP contribution in [0.4, 0.5) is 4.39 Å². The van der Waals surface area contributed by atoms with Crippen molar-refractivity contribution in [3.63, 3.8) is 0 Å². The number of carbonyl (C=O) groups is 2. The summed E-state index contributed by atoms with van der Waals surface area (Å²) in [6.45, 7) is 8.08. The van der Waals surface area contributed by atoms with Crippen LogP contribution in [-0.2, 0) is 0 Å². The van der Waals surface area contributed by atoms with Gasteiger partial charge in [-0.2, -0.15) is 0 Å². The standard InChI is InChI=1S/C32H35FO4/c1-4-6-7-8-9-10-21-36-27-17-15-25(16-18-27)24-11-13-26(14-12-24)32(35)37-28-19-20-29(30(33)22-28)31(34)23(3)5-2/h4,11-20,22-23H,1,5-10,21H2,2-3H3/t23-/m0/s1. The number of Topliss-reactive ketones (excluding diaryl/α,β-unsaturated/α-hetero) is 1. The number of hydrogen-bond donors (Lipinski definition) is 0. The van der Waals surface area contributed by atoms with E-state index in [1.165, 1.54) is 25.0 Å². The van der Waals surface area contributed by atoms with E-state index in [1.54, 1.807) is 19.1 Å². The van der Waals surface area contributed by atoms with Gasteiger partial charge in [0.15, 0.2) is 5.78 Å². The van der Waals surface area contributed by atoms with Crippen molar-refractivity contribution < 1.29 is 23.5 Å². The van der Waals surface area contributed by atoms with Crippen LogP contribution < -0.4 is 9.47 Å². The van der Waals surface area contributed by atoms with E-state index in [-0.39, 0.29) is 23.0 Å². The molecule has 0 fully saturated rings. The molecule has 0 saturated heterocycles. The van der Waals surface area contributed by atoms with E-state index in [4.69, 9.17) is 9.47 Å². The molecular weight excluding hydrogens is 467 g/mol. The summed E-state index contributed by atoms with van der Waals surface area (Å²) in [6.07, 6.45) is 8.21. The minimum Gasteiger partial charge on any atom is -0.494 e. The van der Waals surface area contributed by atoms with Crippen molar-refractivity contribution in [2.45, 2.75) is 52.4 Å². The maximum Gasteiger partial charge on any atom is 0.343 e. The third kappa shape index (κ3) is 8.14. The van der Waals surface area contributed by atoms with Crippen molar-refractivity contribution in [2.75, 3.05) is 6.61 Å². The van der Waals surface area contributed by atoms with Crippen LogP contribution in [0.15, 0.2) is 79.4 Å². The fourth-order valence-corrected chi connectivity index (χ4v) is 3.85. The van der Waals surface area contributed by atoms with Gasteiger partial charge in [-0.25, -0.2) is 9.18 Å². The van der Waals surface area contributed by atoms with Gasteiger partial charge in [0.1, 0.15) is 17.3 Å². The van der Waals surface area contributed by atoms with Crippen LogP contribution in [0, 0.1) is 11.7 Å². The Balaban J connectivity index is 1.53. The number of halogens is 1. The van der Waals surface area contributed by atoms with Crippen LogP contribution in [0.2, 0.25) is 0 Å². The lowest BCUT2D eigenvalue weighted by atomic mass is 9.97. The SMILES string of the molecule is C=CCCCCCCOc1ccc(-c2ccc(C(=O)Oc3ccc(C(=O)[C@@H](C)CC)c(F)c3)cc2)cc1. The summed E-state index contributed by atoms with van der Waals surface area (Å²) in [5.41, 5.74) is 2.30. The lowest BCUT2D eigenvalue weighted by Gasteiger charge is -2.10. The Hall–Kier alpha value is -3.73. The molecule has 3 rings (SSSR count). The van der Waals surface area contributed by atoms with E-state index in [9.17, 15) is 14.0 Å². The Morgan fingerprint density at radius 1 is 0.892 bits per heavy atom. The molecule has 0 amide bonds. The monoisotopic (exact) mass is 502 g/mol. The van der Waals surface area contributed by atoms with E-state index in [0.29, 0.717) is 18.6 Å². The van der Waals surface area contributed by atoms with Crippen molar-refractivity contribution in [2.24, 2.45) is 5.92 Å². The van der Waals surface area contributed by atoms with Crippen molar-refractivity contribution in [3.8, 4) is 22.6 Å². The average Bonchev–Trinajstić information content (AvgIpc) is 2.92. The lowest BCUT2D eigenvalue weighted by molar-refractivity contribution is 0.0734. The quantitative estimate of drug-likeness (QED) is 0.0729. The maximum atomic E-state index is 14.4. The molecule has 0 unspecified atom stereocenters. The molecular formula is C32H35FO4. The van der Waals surface area contributed by atoms with Gasteiger partial charge in [-0.15, -0.1) is 6.58 Å². The number of unbranched alkanes of at least 4 members (excludes halogenated alkanes) is 4. The first-order valence-corrected chi connectivity index (χ1v) is 12.9. The highest BCUT2D eigenvalue weighted by molar-refractivity contribution is 5.98. The average molecular weight is 503 g/mol. The summed E-state index contributed by atoms with van der Waals surface area (Å²) in [6, 6.07) is 18.8.